The van der Waals surface area contributed by atoms with Gasteiger partial charge in [0.05, 0.1) is 0 Å². The molecule has 0 radical (unpaired) electrons. The summed E-state index contributed by atoms with van der Waals surface area (Å²) in [7, 11) is 0. The molecule has 1 aliphatic carbocycles. The third-order valence-electron chi connectivity index (χ3n) is 6.45. The summed E-state index contributed by atoms with van der Waals surface area (Å²) < 4.78 is 27.7. The van der Waals surface area contributed by atoms with E-state index < -0.39 is 11.9 Å². The lowest BCUT2D eigenvalue weighted by molar-refractivity contribution is -0.138. The summed E-state index contributed by atoms with van der Waals surface area (Å²) in [4.78, 5) is 14.0. The standard InChI is InChI=1S/C21H29F2NO2S/c1-20(22,23)16-12-17(14-18(13-16)27-2)24-9-7-21(8-10-24)5-3-15(4-6-21)11-19(25)26/h12-15H,3-11H2,1-2H3,(H,25,26). The molecule has 2 fully saturated rings. The number of rotatable bonds is 5. The molecule has 0 aromatic heterocycles. The highest BCUT2D eigenvalue weighted by Gasteiger charge is 2.38. The average molecular weight is 398 g/mol. The van der Waals surface area contributed by atoms with Crippen LogP contribution in [0.2, 0.25) is 0 Å². The van der Waals surface area contributed by atoms with Crippen molar-refractivity contribution in [2.75, 3.05) is 24.2 Å². The number of anilines is 1. The van der Waals surface area contributed by atoms with Gasteiger partial charge in [-0.2, -0.15) is 0 Å². The van der Waals surface area contributed by atoms with E-state index in [9.17, 15) is 13.6 Å². The van der Waals surface area contributed by atoms with Gasteiger partial charge in [0, 0.05) is 42.6 Å². The van der Waals surface area contributed by atoms with Crippen molar-refractivity contribution in [2.45, 2.75) is 62.7 Å². The molecule has 0 unspecified atom stereocenters. The fourth-order valence-corrected chi connectivity index (χ4v) is 5.10. The van der Waals surface area contributed by atoms with Crippen LogP contribution < -0.4 is 4.90 Å². The molecule has 150 valence electrons. The maximum atomic E-state index is 13.9. The van der Waals surface area contributed by atoms with E-state index >= 15 is 0 Å². The molecule has 1 saturated heterocycles. The summed E-state index contributed by atoms with van der Waals surface area (Å²) in [6.45, 7) is 2.73. The predicted molar refractivity (Wildman–Crippen MR) is 106 cm³/mol. The molecule has 1 heterocycles. The van der Waals surface area contributed by atoms with Crippen LogP contribution in [0.1, 0.15) is 57.4 Å². The Hall–Kier alpha value is -1.30. The normalized spacial score (nSPS) is 20.8. The zero-order chi connectivity index (χ0) is 19.7. The Kier molecular flexibility index (Phi) is 6.04. The maximum absolute atomic E-state index is 13.9. The number of piperidine rings is 1. The number of carbonyl (C=O) groups is 1. The third-order valence-corrected chi connectivity index (χ3v) is 7.16. The van der Waals surface area contributed by atoms with Gasteiger partial charge in [-0.1, -0.05) is 0 Å². The zero-order valence-electron chi connectivity index (χ0n) is 16.1. The fourth-order valence-electron chi connectivity index (χ4n) is 4.62. The molecule has 1 aromatic carbocycles. The minimum absolute atomic E-state index is 0.0822. The molecule has 3 rings (SSSR count). The summed E-state index contributed by atoms with van der Waals surface area (Å²) in [5, 5.41) is 8.99. The molecule has 1 aliphatic heterocycles. The van der Waals surface area contributed by atoms with Crippen LogP contribution in [0.25, 0.3) is 0 Å². The Morgan fingerprint density at radius 3 is 2.37 bits per heavy atom. The lowest BCUT2D eigenvalue weighted by Gasteiger charge is -2.46. The van der Waals surface area contributed by atoms with E-state index in [1.807, 2.05) is 12.3 Å². The Balaban J connectivity index is 1.65. The van der Waals surface area contributed by atoms with Crippen molar-refractivity contribution in [2.24, 2.45) is 11.3 Å². The summed E-state index contributed by atoms with van der Waals surface area (Å²) in [6.07, 6.45) is 8.53. The number of carboxylic acid groups (broad SMARTS) is 1. The van der Waals surface area contributed by atoms with E-state index in [-0.39, 0.29) is 12.0 Å². The van der Waals surface area contributed by atoms with E-state index in [0.717, 1.165) is 69.1 Å². The van der Waals surface area contributed by atoms with Crippen molar-refractivity contribution in [1.82, 2.24) is 0 Å². The Bertz CT molecular complexity index is 671. The second kappa shape index (κ2) is 7.98. The summed E-state index contributed by atoms with van der Waals surface area (Å²) >= 11 is 1.50. The van der Waals surface area contributed by atoms with E-state index in [2.05, 4.69) is 4.90 Å². The minimum atomic E-state index is -2.83. The molecule has 1 N–H and O–H groups in total. The van der Waals surface area contributed by atoms with Crippen LogP contribution in [0.3, 0.4) is 0 Å². The zero-order valence-corrected chi connectivity index (χ0v) is 17.0. The van der Waals surface area contributed by atoms with Crippen LogP contribution in [0, 0.1) is 11.3 Å². The first-order valence-corrected chi connectivity index (χ1v) is 11.0. The van der Waals surface area contributed by atoms with Crippen LogP contribution >= 0.6 is 11.8 Å². The number of alkyl halides is 2. The second-order valence-electron chi connectivity index (χ2n) is 8.34. The number of nitrogens with zero attached hydrogens (tertiary/aromatic N) is 1. The molecule has 1 spiro atoms. The van der Waals surface area contributed by atoms with Gasteiger partial charge in [0.2, 0.25) is 0 Å². The van der Waals surface area contributed by atoms with E-state index in [4.69, 9.17) is 5.11 Å². The van der Waals surface area contributed by atoms with Crippen molar-refractivity contribution >= 4 is 23.4 Å². The number of hydrogen-bond donors (Lipinski definition) is 1. The first kappa shape index (κ1) is 20.4. The predicted octanol–water partition coefficient (Wildman–Crippen LogP) is 5.77. The highest BCUT2D eigenvalue weighted by Crippen LogP contribution is 2.47. The third kappa shape index (κ3) is 4.95. The van der Waals surface area contributed by atoms with Gasteiger partial charge in [0.1, 0.15) is 0 Å². The second-order valence-corrected chi connectivity index (χ2v) is 9.22. The number of carboxylic acids is 1. The number of aliphatic carboxylic acids is 1. The lowest BCUT2D eigenvalue weighted by Crippen LogP contribution is -2.42. The van der Waals surface area contributed by atoms with Crippen molar-refractivity contribution in [3.8, 4) is 0 Å². The number of thioether (sulfide) groups is 1. The average Bonchev–Trinajstić information content (AvgIpc) is 2.63. The Labute approximate surface area is 164 Å². The van der Waals surface area contributed by atoms with E-state index in [1.54, 1.807) is 12.1 Å². The first-order valence-electron chi connectivity index (χ1n) is 9.75. The van der Waals surface area contributed by atoms with Gasteiger partial charge in [-0.05, 0) is 74.3 Å². The monoisotopic (exact) mass is 397 g/mol. The topological polar surface area (TPSA) is 40.5 Å². The van der Waals surface area contributed by atoms with Crippen molar-refractivity contribution in [3.05, 3.63) is 23.8 Å². The lowest BCUT2D eigenvalue weighted by atomic mass is 9.65. The van der Waals surface area contributed by atoms with Gasteiger partial charge in [0.15, 0.2) is 0 Å². The van der Waals surface area contributed by atoms with Gasteiger partial charge in [-0.3, -0.25) is 4.79 Å². The highest BCUT2D eigenvalue weighted by atomic mass is 32.2. The SMILES string of the molecule is CSc1cc(N2CCC3(CCC(CC(=O)O)CC3)CC2)cc(C(C)(F)F)c1. The van der Waals surface area contributed by atoms with Crippen molar-refractivity contribution in [3.63, 3.8) is 0 Å². The fraction of sp³-hybridized carbons (Fsp3) is 0.667. The number of benzene rings is 1. The summed E-state index contributed by atoms with van der Waals surface area (Å²) in [6, 6.07) is 5.24. The summed E-state index contributed by atoms with van der Waals surface area (Å²) in [5.41, 5.74) is 1.30. The maximum Gasteiger partial charge on any atom is 0.303 e. The van der Waals surface area contributed by atoms with Crippen LogP contribution in [0.4, 0.5) is 14.5 Å². The van der Waals surface area contributed by atoms with Crippen LogP contribution in [-0.2, 0) is 10.7 Å². The molecule has 0 atom stereocenters. The molecular weight excluding hydrogens is 368 g/mol. The van der Waals surface area contributed by atoms with Gasteiger partial charge in [0.25, 0.3) is 5.92 Å². The minimum Gasteiger partial charge on any atom is -0.481 e. The number of halogens is 2. The largest absolute Gasteiger partial charge is 0.481 e. The van der Waals surface area contributed by atoms with E-state index in [1.165, 1.54) is 11.8 Å². The first-order chi connectivity index (χ1) is 12.7. The molecular formula is C21H29F2NO2S. The van der Waals surface area contributed by atoms with Crippen LogP contribution in [-0.4, -0.2) is 30.4 Å². The Morgan fingerprint density at radius 2 is 1.85 bits per heavy atom. The quantitative estimate of drug-likeness (QED) is 0.640. The molecule has 0 amide bonds. The van der Waals surface area contributed by atoms with Gasteiger partial charge >= 0.3 is 5.97 Å². The molecule has 3 nitrogen and oxygen atoms in total. The van der Waals surface area contributed by atoms with Crippen LogP contribution in [0.5, 0.6) is 0 Å². The Morgan fingerprint density at radius 1 is 1.22 bits per heavy atom. The molecule has 1 saturated carbocycles. The van der Waals surface area contributed by atoms with Crippen molar-refractivity contribution < 1.29 is 18.7 Å². The molecule has 6 heteroatoms. The van der Waals surface area contributed by atoms with Crippen LogP contribution in [0.15, 0.2) is 23.1 Å². The summed E-state index contributed by atoms with van der Waals surface area (Å²) in [5.74, 6) is -3.21. The smallest absolute Gasteiger partial charge is 0.303 e. The molecule has 0 bridgehead atoms. The molecule has 27 heavy (non-hydrogen) atoms. The van der Waals surface area contributed by atoms with Crippen molar-refractivity contribution in [1.29, 1.82) is 0 Å². The van der Waals surface area contributed by atoms with Gasteiger partial charge in [-0.15, -0.1) is 11.8 Å². The molecule has 1 aromatic rings. The number of hydrogen-bond acceptors (Lipinski definition) is 3. The van der Waals surface area contributed by atoms with Gasteiger partial charge < -0.3 is 10.0 Å². The van der Waals surface area contributed by atoms with E-state index in [0.29, 0.717) is 11.3 Å². The molecule has 2 aliphatic rings. The highest BCUT2D eigenvalue weighted by molar-refractivity contribution is 7.98. The van der Waals surface area contributed by atoms with Gasteiger partial charge in [-0.25, -0.2) is 8.78 Å².